The van der Waals surface area contributed by atoms with Crippen LogP contribution in [0.4, 0.5) is 10.1 Å². The van der Waals surface area contributed by atoms with Crippen LogP contribution < -0.4 is 10.2 Å². The zero-order chi connectivity index (χ0) is 23.8. The number of benzene rings is 1. The van der Waals surface area contributed by atoms with Gasteiger partial charge in [-0.2, -0.15) is 5.10 Å². The van der Waals surface area contributed by atoms with Crippen LogP contribution >= 0.6 is 0 Å². The monoisotopic (exact) mass is 454 g/mol. The van der Waals surface area contributed by atoms with E-state index in [0.29, 0.717) is 5.69 Å². The lowest BCUT2D eigenvalue weighted by molar-refractivity contribution is -0.127. The summed E-state index contributed by atoms with van der Waals surface area (Å²) < 4.78 is 16.6. The quantitative estimate of drug-likeness (QED) is 0.712. The Morgan fingerprint density at radius 1 is 1.12 bits per heavy atom. The predicted octanol–water partition coefficient (Wildman–Crippen LogP) is 4.97. The molecule has 2 amide bonds. The Morgan fingerprint density at radius 3 is 2.39 bits per heavy atom. The van der Waals surface area contributed by atoms with Crippen molar-refractivity contribution in [3.05, 3.63) is 47.5 Å². The molecule has 0 radical (unpaired) electrons. The molecule has 2 heterocycles. The average molecular weight is 455 g/mol. The number of nitrogens with one attached hydrogen (secondary N) is 1. The fourth-order valence-electron chi connectivity index (χ4n) is 4.90. The van der Waals surface area contributed by atoms with Crippen LogP contribution in [0.3, 0.4) is 0 Å². The van der Waals surface area contributed by atoms with Gasteiger partial charge in [-0.25, -0.2) is 4.39 Å². The van der Waals surface area contributed by atoms with Crippen LogP contribution in [0.2, 0.25) is 0 Å². The van der Waals surface area contributed by atoms with E-state index in [9.17, 15) is 14.0 Å². The minimum Gasteiger partial charge on any atom is -0.351 e. The van der Waals surface area contributed by atoms with Gasteiger partial charge in [0.15, 0.2) is 0 Å². The maximum Gasteiger partial charge on any atom is 0.277 e. The number of carbonyl (C=O) groups is 2. The molecule has 2 aromatic rings. The zero-order valence-electron chi connectivity index (χ0n) is 20.2. The molecule has 2 aliphatic rings. The first kappa shape index (κ1) is 23.5. The third-order valence-electron chi connectivity index (χ3n) is 6.94. The average Bonchev–Trinajstić information content (AvgIpc) is 3.16. The highest BCUT2D eigenvalue weighted by atomic mass is 19.1. The van der Waals surface area contributed by atoms with Crippen LogP contribution in [-0.2, 0) is 16.8 Å². The number of para-hydroxylation sites is 1. The van der Waals surface area contributed by atoms with E-state index in [2.05, 4.69) is 10.4 Å². The van der Waals surface area contributed by atoms with Crippen molar-refractivity contribution in [3.8, 4) is 0 Å². The number of rotatable bonds is 3. The van der Waals surface area contributed by atoms with Crippen molar-refractivity contribution >= 4 is 17.5 Å². The van der Waals surface area contributed by atoms with Crippen LogP contribution in [0.15, 0.2) is 30.3 Å². The Morgan fingerprint density at radius 2 is 1.76 bits per heavy atom. The molecule has 1 atom stereocenters. The molecule has 6 nitrogen and oxygen atoms in total. The van der Waals surface area contributed by atoms with Gasteiger partial charge in [0.05, 0.1) is 17.9 Å². The van der Waals surface area contributed by atoms with Crippen LogP contribution in [-0.4, -0.2) is 33.2 Å². The summed E-state index contributed by atoms with van der Waals surface area (Å²) in [7, 11) is 0. The van der Waals surface area contributed by atoms with E-state index >= 15 is 0 Å². The van der Waals surface area contributed by atoms with E-state index in [1.165, 1.54) is 30.2 Å². The lowest BCUT2D eigenvalue weighted by Crippen LogP contribution is -2.65. The van der Waals surface area contributed by atoms with Gasteiger partial charge in [-0.05, 0) is 38.0 Å². The second-order valence-electron chi connectivity index (χ2n) is 10.7. The summed E-state index contributed by atoms with van der Waals surface area (Å²) in [5.74, 6) is -1.20. The largest absolute Gasteiger partial charge is 0.351 e. The Balaban J connectivity index is 1.74. The molecule has 1 aliphatic heterocycles. The first-order chi connectivity index (χ1) is 15.6. The molecule has 178 valence electrons. The number of fused-ring (bicyclic) bond motifs is 1. The Hall–Kier alpha value is -2.70. The first-order valence-corrected chi connectivity index (χ1v) is 12.1. The summed E-state index contributed by atoms with van der Waals surface area (Å²) in [5.41, 5.74) is -0.313. The molecule has 0 bridgehead atoms. The van der Waals surface area contributed by atoms with Crippen molar-refractivity contribution < 1.29 is 14.0 Å². The molecule has 1 unspecified atom stereocenters. The van der Waals surface area contributed by atoms with Gasteiger partial charge in [0.25, 0.3) is 5.91 Å². The van der Waals surface area contributed by atoms with E-state index in [0.717, 1.165) is 31.4 Å². The van der Waals surface area contributed by atoms with E-state index in [1.54, 1.807) is 35.9 Å². The molecule has 1 N–H and O–H groups in total. The van der Waals surface area contributed by atoms with Gasteiger partial charge in [-0.15, -0.1) is 0 Å². The van der Waals surface area contributed by atoms with Gasteiger partial charge in [-0.1, -0.05) is 65.0 Å². The smallest absolute Gasteiger partial charge is 0.277 e. The summed E-state index contributed by atoms with van der Waals surface area (Å²) in [6, 6.07) is 7.99. The Bertz CT molecular complexity index is 1030. The van der Waals surface area contributed by atoms with Crippen molar-refractivity contribution in [2.75, 3.05) is 4.90 Å². The number of anilines is 1. The van der Waals surface area contributed by atoms with Crippen LogP contribution in [0.25, 0.3) is 0 Å². The van der Waals surface area contributed by atoms with Crippen LogP contribution in [0.5, 0.6) is 0 Å². The third-order valence-corrected chi connectivity index (χ3v) is 6.94. The van der Waals surface area contributed by atoms with Crippen molar-refractivity contribution in [3.63, 3.8) is 0 Å². The highest BCUT2D eigenvalue weighted by Gasteiger charge is 2.50. The topological polar surface area (TPSA) is 67.2 Å². The molecule has 7 heteroatoms. The molecular formula is C26H35FN4O2. The fraction of sp³-hybridized carbons (Fsp3) is 0.577. The molecular weight excluding hydrogens is 419 g/mol. The van der Waals surface area contributed by atoms with Crippen molar-refractivity contribution in [1.29, 1.82) is 0 Å². The van der Waals surface area contributed by atoms with Crippen molar-refractivity contribution in [1.82, 2.24) is 15.1 Å². The van der Waals surface area contributed by atoms with Gasteiger partial charge in [-0.3, -0.25) is 19.2 Å². The third kappa shape index (κ3) is 4.55. The minimum absolute atomic E-state index is 0.0661. The molecule has 33 heavy (non-hydrogen) atoms. The molecule has 4 rings (SSSR count). The van der Waals surface area contributed by atoms with Crippen molar-refractivity contribution in [2.45, 2.75) is 96.2 Å². The lowest BCUT2D eigenvalue weighted by atomic mass is 9.90. The van der Waals surface area contributed by atoms with Gasteiger partial charge in [0, 0.05) is 11.5 Å². The first-order valence-electron chi connectivity index (χ1n) is 12.1. The summed E-state index contributed by atoms with van der Waals surface area (Å²) in [6.07, 6.45) is 7.61. The minimum atomic E-state index is -1.31. The van der Waals surface area contributed by atoms with E-state index in [1.807, 2.05) is 20.8 Å². The SMILES string of the molecule is CC(C)(C)c1cc2n(n1)CC(C)(C(=O)NC1CCCCCCC1)N(c1ccccc1F)C2=O. The Labute approximate surface area is 195 Å². The normalized spacial score (nSPS) is 22.5. The van der Waals surface area contributed by atoms with Gasteiger partial charge < -0.3 is 5.32 Å². The maximum absolute atomic E-state index is 14.9. The van der Waals surface area contributed by atoms with E-state index in [4.69, 9.17) is 0 Å². The standard InChI is InChI=1S/C26H35FN4O2/c1-25(2,3)22-16-21-23(32)31(20-15-11-10-14-19(20)27)26(4,17-30(21)29-22)24(33)28-18-12-8-6-5-7-9-13-18/h10-11,14-16,18H,5-9,12-13,17H2,1-4H3,(H,28,33). The summed E-state index contributed by atoms with van der Waals surface area (Å²) in [6.45, 7) is 7.97. The molecule has 1 fully saturated rings. The summed E-state index contributed by atoms with van der Waals surface area (Å²) in [4.78, 5) is 28.8. The highest BCUT2D eigenvalue weighted by molar-refractivity contribution is 6.11. The molecule has 1 aromatic heterocycles. The molecule has 1 aromatic carbocycles. The highest BCUT2D eigenvalue weighted by Crippen LogP contribution is 2.36. The van der Waals surface area contributed by atoms with E-state index < -0.39 is 17.3 Å². The molecule has 0 saturated heterocycles. The summed E-state index contributed by atoms with van der Waals surface area (Å²) >= 11 is 0. The number of amides is 2. The molecule has 1 aliphatic carbocycles. The number of aromatic nitrogens is 2. The van der Waals surface area contributed by atoms with Gasteiger partial charge >= 0.3 is 0 Å². The molecule has 0 spiro atoms. The van der Waals surface area contributed by atoms with Gasteiger partial charge in [0.1, 0.15) is 17.1 Å². The number of nitrogens with zero attached hydrogens (tertiary/aromatic N) is 3. The van der Waals surface area contributed by atoms with Crippen molar-refractivity contribution in [2.24, 2.45) is 0 Å². The Kier molecular flexibility index (Phi) is 6.34. The number of hydrogen-bond acceptors (Lipinski definition) is 3. The fourth-order valence-corrected chi connectivity index (χ4v) is 4.90. The zero-order valence-corrected chi connectivity index (χ0v) is 20.2. The summed E-state index contributed by atoms with van der Waals surface area (Å²) in [5, 5.41) is 7.88. The van der Waals surface area contributed by atoms with E-state index in [-0.39, 0.29) is 29.6 Å². The number of hydrogen-bond donors (Lipinski definition) is 1. The predicted molar refractivity (Wildman–Crippen MR) is 127 cm³/mol. The lowest BCUT2D eigenvalue weighted by Gasteiger charge is -2.43. The van der Waals surface area contributed by atoms with Gasteiger partial charge in [0.2, 0.25) is 5.91 Å². The number of carbonyl (C=O) groups excluding carboxylic acids is 2. The second-order valence-corrected chi connectivity index (χ2v) is 10.7. The maximum atomic E-state index is 14.9. The molecule has 1 saturated carbocycles. The second kappa shape index (κ2) is 8.92. The number of halogens is 1. The van der Waals surface area contributed by atoms with Crippen LogP contribution in [0, 0.1) is 5.82 Å². The van der Waals surface area contributed by atoms with Crippen LogP contribution in [0.1, 0.15) is 88.8 Å².